The molecule has 0 radical (unpaired) electrons. The molecule has 4 aromatic rings. The maximum Gasteiger partial charge on any atom is 0.243 e. The third-order valence-corrected chi connectivity index (χ3v) is 8.12. The zero-order valence-electron chi connectivity index (χ0n) is 18.9. The zero-order chi connectivity index (χ0) is 24.9. The monoisotopic (exact) mass is 497 g/mol. The fraction of sp³-hybridized carbons (Fsp3) is 0.250. The molecule has 0 aliphatic carbocycles. The lowest BCUT2D eigenvalue weighted by molar-refractivity contribution is 0.189. The molecular weight excluding hydrogens is 473 g/mol. The third kappa shape index (κ3) is 4.06. The van der Waals surface area contributed by atoms with Gasteiger partial charge in [-0.15, -0.1) is 0 Å². The number of anilines is 1. The number of hydrogen-bond acceptors (Lipinski definition) is 7. The van der Waals surface area contributed by atoms with Crippen LogP contribution in [0.2, 0.25) is 0 Å². The summed E-state index contributed by atoms with van der Waals surface area (Å²) in [6.45, 7) is 1.89. The molecule has 35 heavy (non-hydrogen) atoms. The van der Waals surface area contributed by atoms with E-state index in [-0.39, 0.29) is 41.7 Å². The maximum atomic E-state index is 14.7. The fourth-order valence-electron chi connectivity index (χ4n) is 4.32. The minimum Gasteiger partial charge on any atom is -0.392 e. The molecule has 0 bridgehead atoms. The Morgan fingerprint density at radius 2 is 2.00 bits per heavy atom. The Labute approximate surface area is 201 Å². The number of benzene rings is 2. The van der Waals surface area contributed by atoms with E-state index in [0.717, 1.165) is 5.56 Å². The van der Waals surface area contributed by atoms with Crippen LogP contribution in [-0.4, -0.2) is 56.5 Å². The number of fused-ring (bicyclic) bond motifs is 1. The molecule has 182 valence electrons. The molecule has 1 aliphatic rings. The summed E-state index contributed by atoms with van der Waals surface area (Å²) in [5, 5.41) is 19.1. The summed E-state index contributed by atoms with van der Waals surface area (Å²) in [5.74, 6) is -0.464. The normalized spacial score (nSPS) is 16.9. The number of aliphatic hydroxyl groups excluding tert-OH is 2. The van der Waals surface area contributed by atoms with Crippen LogP contribution in [0.3, 0.4) is 0 Å². The molecule has 1 fully saturated rings. The Balaban J connectivity index is 1.63. The van der Waals surface area contributed by atoms with Crippen molar-refractivity contribution in [3.05, 3.63) is 65.7 Å². The van der Waals surface area contributed by atoms with E-state index in [1.54, 1.807) is 41.1 Å². The molecule has 0 spiro atoms. The van der Waals surface area contributed by atoms with Crippen LogP contribution in [0.1, 0.15) is 17.5 Å². The number of halogens is 1. The number of aromatic nitrogens is 3. The molecule has 3 heterocycles. The van der Waals surface area contributed by atoms with Gasteiger partial charge in [0.25, 0.3) is 0 Å². The highest BCUT2D eigenvalue weighted by Crippen LogP contribution is 2.32. The van der Waals surface area contributed by atoms with Gasteiger partial charge in [0, 0.05) is 30.4 Å². The molecule has 1 unspecified atom stereocenters. The molecular formula is C24H24FN5O4S. The number of aliphatic hydroxyl groups is 2. The predicted molar refractivity (Wildman–Crippen MR) is 128 cm³/mol. The van der Waals surface area contributed by atoms with Crippen LogP contribution >= 0.6 is 0 Å². The molecule has 0 saturated carbocycles. The third-order valence-electron chi connectivity index (χ3n) is 6.26. The van der Waals surface area contributed by atoms with E-state index in [1.807, 2.05) is 6.92 Å². The van der Waals surface area contributed by atoms with Crippen LogP contribution < -0.4 is 5.73 Å². The first-order valence-electron chi connectivity index (χ1n) is 11.0. The lowest BCUT2D eigenvalue weighted by atomic mass is 10.1. The fourth-order valence-corrected chi connectivity index (χ4v) is 5.84. The van der Waals surface area contributed by atoms with E-state index in [9.17, 15) is 23.0 Å². The highest BCUT2D eigenvalue weighted by atomic mass is 32.2. The van der Waals surface area contributed by atoms with Crippen LogP contribution in [0.5, 0.6) is 0 Å². The maximum absolute atomic E-state index is 14.7. The van der Waals surface area contributed by atoms with Crippen LogP contribution in [-0.2, 0) is 16.6 Å². The lowest BCUT2D eigenvalue weighted by Gasteiger charge is -2.17. The average molecular weight is 498 g/mol. The van der Waals surface area contributed by atoms with Gasteiger partial charge in [0.05, 0.1) is 35.2 Å². The smallest absolute Gasteiger partial charge is 0.243 e. The summed E-state index contributed by atoms with van der Waals surface area (Å²) in [6, 6.07) is 9.19. The summed E-state index contributed by atoms with van der Waals surface area (Å²) in [4.78, 5) is 8.76. The second-order valence-electron chi connectivity index (χ2n) is 8.60. The Morgan fingerprint density at radius 3 is 2.69 bits per heavy atom. The van der Waals surface area contributed by atoms with Crippen molar-refractivity contribution in [1.29, 1.82) is 0 Å². The number of nitrogens with zero attached hydrogens (tertiary/aromatic N) is 4. The SMILES string of the molecule is Cc1ccc(S(=O)(=O)N2CCC(O)C2)cc1-c1cnc2c(N)nc(-c3ccc(CO)cc3F)cn12. The number of nitrogen functional groups attached to an aromatic ring is 1. The molecule has 1 saturated heterocycles. The van der Waals surface area contributed by atoms with Gasteiger partial charge in [0.15, 0.2) is 11.5 Å². The first kappa shape index (κ1) is 23.4. The van der Waals surface area contributed by atoms with Crippen molar-refractivity contribution in [1.82, 2.24) is 18.7 Å². The Hall–Kier alpha value is -3.38. The van der Waals surface area contributed by atoms with Crippen LogP contribution in [0.15, 0.2) is 53.7 Å². The van der Waals surface area contributed by atoms with E-state index in [1.165, 1.54) is 16.4 Å². The van der Waals surface area contributed by atoms with Gasteiger partial charge in [-0.25, -0.2) is 22.8 Å². The van der Waals surface area contributed by atoms with Gasteiger partial charge < -0.3 is 15.9 Å². The van der Waals surface area contributed by atoms with Gasteiger partial charge in [-0.1, -0.05) is 12.1 Å². The van der Waals surface area contributed by atoms with E-state index >= 15 is 0 Å². The minimum atomic E-state index is -3.79. The predicted octanol–water partition coefficient (Wildman–Crippen LogP) is 2.34. The zero-order valence-corrected chi connectivity index (χ0v) is 19.7. The standard InChI is InChI=1S/C24H24FN5O4S/c1-14-2-4-17(35(33,34)29-7-6-16(32)11-29)9-19(14)22-10-27-24-23(26)28-21(12-30(22)24)18-5-3-15(13-31)8-20(18)25/h2-5,8-10,12,16,31-32H,6-7,11,13H2,1H3,(H2,26,28). The van der Waals surface area contributed by atoms with Crippen molar-refractivity contribution < 1.29 is 23.0 Å². The van der Waals surface area contributed by atoms with Crippen molar-refractivity contribution in [2.45, 2.75) is 31.0 Å². The van der Waals surface area contributed by atoms with E-state index in [0.29, 0.717) is 28.9 Å². The number of imidazole rings is 1. The topological polar surface area (TPSA) is 134 Å². The summed E-state index contributed by atoms with van der Waals surface area (Å²) < 4.78 is 44.0. The number of β-amino-alcohol motifs (C(OH)–C–C–N with tert-alkyl or cyclic N) is 1. The first-order chi connectivity index (χ1) is 16.7. The Bertz CT molecular complexity index is 1550. The van der Waals surface area contributed by atoms with Gasteiger partial charge in [-0.05, 0) is 48.7 Å². The van der Waals surface area contributed by atoms with Gasteiger partial charge in [-0.3, -0.25) is 4.40 Å². The van der Waals surface area contributed by atoms with Crippen LogP contribution in [0.25, 0.3) is 28.2 Å². The van der Waals surface area contributed by atoms with Crippen molar-refractivity contribution in [3.63, 3.8) is 0 Å². The Kier molecular flexibility index (Phi) is 5.80. The summed E-state index contributed by atoms with van der Waals surface area (Å²) in [7, 11) is -3.79. The van der Waals surface area contributed by atoms with Gasteiger partial charge in [-0.2, -0.15) is 4.31 Å². The lowest BCUT2D eigenvalue weighted by Crippen LogP contribution is -2.29. The molecule has 0 amide bonds. The highest BCUT2D eigenvalue weighted by molar-refractivity contribution is 7.89. The number of aryl methyl sites for hydroxylation is 1. The molecule has 11 heteroatoms. The molecule has 2 aromatic heterocycles. The van der Waals surface area contributed by atoms with E-state index in [4.69, 9.17) is 5.73 Å². The molecule has 2 aromatic carbocycles. The van der Waals surface area contributed by atoms with E-state index < -0.39 is 21.9 Å². The van der Waals surface area contributed by atoms with Crippen molar-refractivity contribution in [3.8, 4) is 22.5 Å². The summed E-state index contributed by atoms with van der Waals surface area (Å²) in [5.41, 5.74) is 9.39. The Morgan fingerprint density at radius 1 is 1.20 bits per heavy atom. The van der Waals surface area contributed by atoms with Crippen LogP contribution in [0.4, 0.5) is 10.2 Å². The molecule has 5 rings (SSSR count). The number of rotatable bonds is 5. The molecule has 9 nitrogen and oxygen atoms in total. The van der Waals surface area contributed by atoms with Gasteiger partial charge >= 0.3 is 0 Å². The van der Waals surface area contributed by atoms with Gasteiger partial charge in [0.2, 0.25) is 10.0 Å². The minimum absolute atomic E-state index is 0.0629. The number of nitrogens with two attached hydrogens (primary N) is 1. The largest absolute Gasteiger partial charge is 0.392 e. The van der Waals surface area contributed by atoms with Crippen LogP contribution in [0, 0.1) is 12.7 Å². The number of sulfonamides is 1. The van der Waals surface area contributed by atoms with Crippen molar-refractivity contribution >= 4 is 21.5 Å². The highest BCUT2D eigenvalue weighted by Gasteiger charge is 2.32. The second-order valence-corrected chi connectivity index (χ2v) is 10.5. The van der Waals surface area contributed by atoms with E-state index in [2.05, 4.69) is 9.97 Å². The molecule has 1 aliphatic heterocycles. The summed E-state index contributed by atoms with van der Waals surface area (Å²) >= 11 is 0. The number of hydrogen-bond donors (Lipinski definition) is 3. The second kappa shape index (κ2) is 8.68. The summed E-state index contributed by atoms with van der Waals surface area (Å²) in [6.07, 6.45) is 2.90. The quantitative estimate of drug-likeness (QED) is 0.385. The first-order valence-corrected chi connectivity index (χ1v) is 12.5. The average Bonchev–Trinajstić information content (AvgIpc) is 3.46. The molecule has 4 N–H and O–H groups in total. The van der Waals surface area contributed by atoms with Crippen molar-refractivity contribution in [2.24, 2.45) is 0 Å². The van der Waals surface area contributed by atoms with Gasteiger partial charge in [0.1, 0.15) is 5.82 Å². The van der Waals surface area contributed by atoms with Crippen molar-refractivity contribution in [2.75, 3.05) is 18.8 Å². The molecule has 1 atom stereocenters.